The zero-order valence-corrected chi connectivity index (χ0v) is 16.5. The van der Waals surface area contributed by atoms with Crippen molar-refractivity contribution in [2.75, 3.05) is 13.7 Å². The fourth-order valence-electron chi connectivity index (χ4n) is 3.59. The summed E-state index contributed by atoms with van der Waals surface area (Å²) < 4.78 is 32.8. The molecule has 0 radical (unpaired) electrons. The van der Waals surface area contributed by atoms with Crippen molar-refractivity contribution < 1.29 is 23.1 Å². The number of benzene rings is 1. The number of urea groups is 1. The van der Waals surface area contributed by atoms with Crippen LogP contribution in [0.5, 0.6) is 0 Å². The number of esters is 1. The highest BCUT2D eigenvalue weighted by atomic mass is 19.1. The summed E-state index contributed by atoms with van der Waals surface area (Å²) in [6.45, 7) is 4.13. The van der Waals surface area contributed by atoms with Gasteiger partial charge in [-0.3, -0.25) is 0 Å². The molecule has 0 saturated heterocycles. The van der Waals surface area contributed by atoms with Crippen LogP contribution in [-0.2, 0) is 16.0 Å². The SMILES string of the molecule is COC(=O)[C@@H](CC(C)C)NC(=O)N1CCc2[nH]cnc2[C@H]1c1ccc(F)cc1F. The van der Waals surface area contributed by atoms with E-state index >= 15 is 0 Å². The number of amides is 2. The van der Waals surface area contributed by atoms with E-state index < -0.39 is 35.7 Å². The van der Waals surface area contributed by atoms with E-state index in [1.165, 1.54) is 24.4 Å². The van der Waals surface area contributed by atoms with E-state index in [2.05, 4.69) is 15.3 Å². The summed E-state index contributed by atoms with van der Waals surface area (Å²) in [6, 6.07) is 1.03. The Balaban J connectivity index is 1.93. The topological polar surface area (TPSA) is 87.3 Å². The summed E-state index contributed by atoms with van der Waals surface area (Å²) in [5.41, 5.74) is 1.41. The van der Waals surface area contributed by atoms with Gasteiger partial charge < -0.3 is 19.9 Å². The van der Waals surface area contributed by atoms with Crippen LogP contribution in [0.15, 0.2) is 24.5 Å². The fourth-order valence-corrected chi connectivity index (χ4v) is 3.59. The van der Waals surface area contributed by atoms with Crippen molar-refractivity contribution in [1.82, 2.24) is 20.2 Å². The van der Waals surface area contributed by atoms with Crippen LogP contribution >= 0.6 is 0 Å². The van der Waals surface area contributed by atoms with Crippen molar-refractivity contribution in [2.45, 2.75) is 38.8 Å². The minimum Gasteiger partial charge on any atom is -0.467 e. The van der Waals surface area contributed by atoms with Gasteiger partial charge in [0.1, 0.15) is 23.7 Å². The molecule has 1 aliphatic rings. The Morgan fingerprint density at radius 2 is 2.14 bits per heavy atom. The lowest BCUT2D eigenvalue weighted by atomic mass is 9.95. The highest BCUT2D eigenvalue weighted by Crippen LogP contribution is 2.35. The van der Waals surface area contributed by atoms with Crippen LogP contribution in [0.2, 0.25) is 0 Å². The molecule has 2 atom stereocenters. The van der Waals surface area contributed by atoms with Gasteiger partial charge in [-0.1, -0.05) is 19.9 Å². The summed E-state index contributed by atoms with van der Waals surface area (Å²) in [4.78, 5) is 33.8. The third-order valence-electron chi connectivity index (χ3n) is 4.93. The van der Waals surface area contributed by atoms with Crippen molar-refractivity contribution >= 4 is 12.0 Å². The molecule has 29 heavy (non-hydrogen) atoms. The third kappa shape index (κ3) is 4.38. The molecule has 1 aromatic carbocycles. The predicted molar refractivity (Wildman–Crippen MR) is 101 cm³/mol. The lowest BCUT2D eigenvalue weighted by Gasteiger charge is -2.36. The Hall–Kier alpha value is -2.97. The summed E-state index contributed by atoms with van der Waals surface area (Å²) in [5, 5.41) is 2.70. The van der Waals surface area contributed by atoms with Crippen LogP contribution in [0.25, 0.3) is 0 Å². The molecule has 0 fully saturated rings. The number of carbonyl (C=O) groups excluding carboxylic acids is 2. The largest absolute Gasteiger partial charge is 0.467 e. The van der Waals surface area contributed by atoms with Gasteiger partial charge in [-0.2, -0.15) is 0 Å². The fraction of sp³-hybridized carbons (Fsp3) is 0.450. The number of methoxy groups -OCH3 is 1. The van der Waals surface area contributed by atoms with Gasteiger partial charge in [0, 0.05) is 30.3 Å². The molecule has 156 valence electrons. The van der Waals surface area contributed by atoms with E-state index in [-0.39, 0.29) is 18.0 Å². The smallest absolute Gasteiger partial charge is 0.328 e. The Bertz CT molecular complexity index is 900. The molecular formula is C20H24F2N4O3. The number of aromatic nitrogens is 2. The van der Waals surface area contributed by atoms with Crippen LogP contribution in [-0.4, -0.2) is 46.6 Å². The first-order chi connectivity index (χ1) is 13.8. The van der Waals surface area contributed by atoms with Gasteiger partial charge in [0.2, 0.25) is 0 Å². The highest BCUT2D eigenvalue weighted by Gasteiger charge is 2.37. The number of hydrogen-bond donors (Lipinski definition) is 2. The lowest BCUT2D eigenvalue weighted by Crippen LogP contribution is -2.51. The number of H-pyrrole nitrogens is 1. The minimum atomic E-state index is -0.844. The van der Waals surface area contributed by atoms with Crippen molar-refractivity contribution in [3.05, 3.63) is 53.1 Å². The number of halogens is 2. The van der Waals surface area contributed by atoms with Gasteiger partial charge in [0.15, 0.2) is 0 Å². The van der Waals surface area contributed by atoms with Crippen molar-refractivity contribution in [3.63, 3.8) is 0 Å². The van der Waals surface area contributed by atoms with Gasteiger partial charge in [0.25, 0.3) is 0 Å². The minimum absolute atomic E-state index is 0.132. The lowest BCUT2D eigenvalue weighted by molar-refractivity contribution is -0.143. The number of fused-ring (bicyclic) bond motifs is 1. The maximum Gasteiger partial charge on any atom is 0.328 e. The maximum absolute atomic E-state index is 14.6. The first-order valence-corrected chi connectivity index (χ1v) is 9.43. The summed E-state index contributed by atoms with van der Waals surface area (Å²) >= 11 is 0. The van der Waals surface area contributed by atoms with Crippen molar-refractivity contribution in [3.8, 4) is 0 Å². The summed E-state index contributed by atoms with van der Waals surface area (Å²) in [6.07, 6.45) is 2.38. The molecule has 2 aromatic rings. The number of imidazole rings is 1. The van der Waals surface area contributed by atoms with Crippen LogP contribution < -0.4 is 5.32 Å². The summed E-state index contributed by atoms with van der Waals surface area (Å²) in [5.74, 6) is -1.88. The van der Waals surface area contributed by atoms with E-state index in [9.17, 15) is 18.4 Å². The second-order valence-electron chi connectivity index (χ2n) is 7.43. The molecule has 2 N–H and O–H groups in total. The Morgan fingerprint density at radius 3 is 2.79 bits per heavy atom. The first-order valence-electron chi connectivity index (χ1n) is 9.43. The molecule has 2 amide bonds. The number of nitrogens with one attached hydrogen (secondary N) is 2. The Morgan fingerprint density at radius 1 is 1.38 bits per heavy atom. The van der Waals surface area contributed by atoms with Crippen LogP contribution in [0, 0.1) is 17.6 Å². The number of hydrogen-bond acceptors (Lipinski definition) is 4. The highest BCUT2D eigenvalue weighted by molar-refractivity contribution is 5.84. The van der Waals surface area contributed by atoms with E-state index in [0.717, 1.165) is 17.8 Å². The molecule has 2 heterocycles. The molecule has 9 heteroatoms. The number of aromatic amines is 1. The number of rotatable bonds is 5. The molecule has 3 rings (SSSR count). The molecule has 0 bridgehead atoms. The molecule has 0 spiro atoms. The first kappa shape index (κ1) is 20.8. The zero-order chi connectivity index (χ0) is 21.1. The molecule has 0 saturated carbocycles. The summed E-state index contributed by atoms with van der Waals surface area (Å²) in [7, 11) is 1.26. The number of nitrogens with zero attached hydrogens (tertiary/aromatic N) is 2. The van der Waals surface area contributed by atoms with E-state index in [0.29, 0.717) is 18.5 Å². The van der Waals surface area contributed by atoms with Gasteiger partial charge in [0.05, 0.1) is 19.1 Å². The quantitative estimate of drug-likeness (QED) is 0.748. The third-order valence-corrected chi connectivity index (χ3v) is 4.93. The molecule has 1 aliphatic heterocycles. The molecular weight excluding hydrogens is 382 g/mol. The second-order valence-corrected chi connectivity index (χ2v) is 7.43. The molecule has 0 aliphatic carbocycles. The average molecular weight is 406 g/mol. The Kier molecular flexibility index (Phi) is 6.14. The van der Waals surface area contributed by atoms with Crippen LogP contribution in [0.1, 0.15) is 43.3 Å². The predicted octanol–water partition coefficient (Wildman–Crippen LogP) is 2.93. The van der Waals surface area contributed by atoms with Crippen LogP contribution in [0.4, 0.5) is 13.6 Å². The van der Waals surface area contributed by atoms with E-state index in [4.69, 9.17) is 4.74 Å². The Labute approximate surface area is 167 Å². The van der Waals surface area contributed by atoms with E-state index in [1.54, 1.807) is 0 Å². The normalized spacial score (nSPS) is 17.0. The van der Waals surface area contributed by atoms with Crippen molar-refractivity contribution in [2.24, 2.45) is 5.92 Å². The van der Waals surface area contributed by atoms with Gasteiger partial charge in [-0.25, -0.2) is 23.4 Å². The van der Waals surface area contributed by atoms with E-state index in [1.807, 2.05) is 13.8 Å². The van der Waals surface area contributed by atoms with Crippen molar-refractivity contribution in [1.29, 1.82) is 0 Å². The maximum atomic E-state index is 14.6. The van der Waals surface area contributed by atoms with Gasteiger partial charge in [-0.05, 0) is 18.4 Å². The average Bonchev–Trinajstić information content (AvgIpc) is 3.15. The zero-order valence-electron chi connectivity index (χ0n) is 16.5. The monoisotopic (exact) mass is 406 g/mol. The second kappa shape index (κ2) is 8.59. The van der Waals surface area contributed by atoms with Gasteiger partial charge >= 0.3 is 12.0 Å². The van der Waals surface area contributed by atoms with Crippen LogP contribution in [0.3, 0.4) is 0 Å². The molecule has 1 aromatic heterocycles. The number of carbonyl (C=O) groups is 2. The van der Waals surface area contributed by atoms with Gasteiger partial charge in [-0.15, -0.1) is 0 Å². The standard InChI is InChI=1S/C20H24F2N4O3/c1-11(2)8-16(19(27)29-3)25-20(28)26-7-6-15-17(24-10-23-15)18(26)13-5-4-12(21)9-14(13)22/h4-5,9-11,16,18H,6-8H2,1-3H3,(H,23,24)(H,25,28)/t16-,18-/m1/s1. The molecule has 7 nitrogen and oxygen atoms in total. The number of ether oxygens (including phenoxy) is 1. The molecule has 0 unspecified atom stereocenters.